The molecule has 1 aromatic carbocycles. The summed E-state index contributed by atoms with van der Waals surface area (Å²) in [6, 6.07) is 7.43. The predicted octanol–water partition coefficient (Wildman–Crippen LogP) is 4.01. The van der Waals surface area contributed by atoms with Crippen LogP contribution in [0.3, 0.4) is 0 Å². The molecule has 1 aliphatic carbocycles. The van der Waals surface area contributed by atoms with Crippen LogP contribution in [0, 0.1) is 5.92 Å². The fourth-order valence-corrected chi connectivity index (χ4v) is 3.15. The number of nitrogens with one attached hydrogen (secondary N) is 1. The molecule has 0 aliphatic heterocycles. The summed E-state index contributed by atoms with van der Waals surface area (Å²) in [6.45, 7) is 3.37. The molecule has 0 aromatic heterocycles. The summed E-state index contributed by atoms with van der Waals surface area (Å²) >= 11 is 5.96. The van der Waals surface area contributed by atoms with Gasteiger partial charge in [-0.15, -0.1) is 0 Å². The Balaban J connectivity index is 2.06. The van der Waals surface area contributed by atoms with Crippen molar-refractivity contribution in [3.05, 3.63) is 29.3 Å². The highest BCUT2D eigenvalue weighted by molar-refractivity contribution is 6.30. The molecular formula is C16H23ClN2O2. The number of ether oxygens (including phenoxy) is 1. The van der Waals surface area contributed by atoms with Crippen molar-refractivity contribution >= 4 is 23.3 Å². The Bertz CT molecular complexity index is 481. The fraction of sp³-hybridized carbons (Fsp3) is 0.562. The van der Waals surface area contributed by atoms with Gasteiger partial charge in [-0.05, 0) is 37.0 Å². The van der Waals surface area contributed by atoms with Gasteiger partial charge in [0.1, 0.15) is 0 Å². The van der Waals surface area contributed by atoms with Gasteiger partial charge in [0.05, 0.1) is 6.61 Å². The summed E-state index contributed by atoms with van der Waals surface area (Å²) in [6.07, 6.45) is 3.42. The molecule has 2 atom stereocenters. The molecule has 0 unspecified atom stereocenters. The van der Waals surface area contributed by atoms with Crippen LogP contribution >= 0.6 is 11.6 Å². The average Bonchev–Trinajstić information content (AvgIpc) is 2.86. The number of halogens is 1. The molecule has 1 aromatic rings. The maximum absolute atomic E-state index is 12.6. The van der Waals surface area contributed by atoms with Gasteiger partial charge in [-0.2, -0.15) is 0 Å². The van der Waals surface area contributed by atoms with Gasteiger partial charge in [-0.3, -0.25) is 0 Å². The Labute approximate surface area is 131 Å². The lowest BCUT2D eigenvalue weighted by atomic mass is 10.1. The fourth-order valence-electron chi connectivity index (χ4n) is 2.96. The largest absolute Gasteiger partial charge is 0.383 e. The van der Waals surface area contributed by atoms with Gasteiger partial charge in [0, 0.05) is 30.4 Å². The smallest absolute Gasteiger partial charge is 0.322 e. The van der Waals surface area contributed by atoms with Crippen LogP contribution in [0.2, 0.25) is 5.02 Å². The maximum Gasteiger partial charge on any atom is 0.322 e. The minimum absolute atomic E-state index is 0.0759. The van der Waals surface area contributed by atoms with Crippen LogP contribution < -0.4 is 5.32 Å². The highest BCUT2D eigenvalue weighted by Crippen LogP contribution is 2.30. The number of rotatable bonds is 5. The van der Waals surface area contributed by atoms with Crippen LogP contribution in [0.4, 0.5) is 10.5 Å². The molecule has 2 rings (SSSR count). The van der Waals surface area contributed by atoms with E-state index in [0.29, 0.717) is 30.1 Å². The van der Waals surface area contributed by atoms with E-state index < -0.39 is 0 Å². The molecule has 1 aliphatic rings. The number of methoxy groups -OCH3 is 1. The van der Waals surface area contributed by atoms with E-state index in [0.717, 1.165) is 12.1 Å². The quantitative estimate of drug-likeness (QED) is 0.893. The van der Waals surface area contributed by atoms with Crippen LogP contribution in [0.15, 0.2) is 24.3 Å². The lowest BCUT2D eigenvalue weighted by Gasteiger charge is -2.31. The normalized spacial score (nSPS) is 21.3. The second-order valence-corrected chi connectivity index (χ2v) is 6.04. The third-order valence-corrected chi connectivity index (χ3v) is 4.32. The number of amides is 2. The van der Waals surface area contributed by atoms with Gasteiger partial charge in [0.15, 0.2) is 0 Å². The van der Waals surface area contributed by atoms with E-state index in [-0.39, 0.29) is 6.03 Å². The maximum atomic E-state index is 12.6. The summed E-state index contributed by atoms with van der Waals surface area (Å²) in [5.74, 6) is 0.534. The zero-order valence-corrected chi connectivity index (χ0v) is 13.4. The molecule has 5 heteroatoms. The zero-order chi connectivity index (χ0) is 15.2. The first kappa shape index (κ1) is 16.1. The van der Waals surface area contributed by atoms with Gasteiger partial charge in [-0.1, -0.05) is 31.0 Å². The van der Waals surface area contributed by atoms with Crippen molar-refractivity contribution < 1.29 is 9.53 Å². The molecule has 1 saturated carbocycles. The number of carbonyl (C=O) groups excluding carboxylic acids is 1. The predicted molar refractivity (Wildman–Crippen MR) is 85.9 cm³/mol. The number of anilines is 1. The van der Waals surface area contributed by atoms with Gasteiger partial charge in [0.25, 0.3) is 0 Å². The minimum Gasteiger partial charge on any atom is -0.383 e. The van der Waals surface area contributed by atoms with Crippen LogP contribution in [-0.2, 0) is 4.74 Å². The molecule has 4 nitrogen and oxygen atoms in total. The van der Waals surface area contributed by atoms with Crippen LogP contribution in [0.25, 0.3) is 0 Å². The summed E-state index contributed by atoms with van der Waals surface area (Å²) in [5, 5.41) is 3.55. The van der Waals surface area contributed by atoms with Crippen molar-refractivity contribution in [3.8, 4) is 0 Å². The Morgan fingerprint density at radius 1 is 1.48 bits per heavy atom. The molecular weight excluding hydrogens is 288 g/mol. The van der Waals surface area contributed by atoms with E-state index in [1.165, 1.54) is 12.8 Å². The van der Waals surface area contributed by atoms with Gasteiger partial charge >= 0.3 is 6.03 Å². The van der Waals surface area contributed by atoms with E-state index >= 15 is 0 Å². The highest BCUT2D eigenvalue weighted by atomic mass is 35.5. The zero-order valence-electron chi connectivity index (χ0n) is 12.6. The van der Waals surface area contributed by atoms with Gasteiger partial charge in [-0.25, -0.2) is 4.79 Å². The molecule has 0 radical (unpaired) electrons. The molecule has 2 amide bonds. The lowest BCUT2D eigenvalue weighted by Crippen LogP contribution is -2.45. The molecule has 0 spiro atoms. The van der Waals surface area contributed by atoms with Crippen LogP contribution in [0.1, 0.15) is 26.2 Å². The molecule has 1 N–H and O–H groups in total. The Kier molecular flexibility index (Phi) is 5.88. The van der Waals surface area contributed by atoms with E-state index in [2.05, 4.69) is 12.2 Å². The monoisotopic (exact) mass is 310 g/mol. The summed E-state index contributed by atoms with van der Waals surface area (Å²) in [5.41, 5.74) is 0.723. The van der Waals surface area contributed by atoms with Crippen molar-refractivity contribution in [1.82, 2.24) is 4.90 Å². The van der Waals surface area contributed by atoms with E-state index in [9.17, 15) is 4.79 Å². The van der Waals surface area contributed by atoms with Crippen LogP contribution in [0.5, 0.6) is 0 Å². The van der Waals surface area contributed by atoms with Gasteiger partial charge in [0.2, 0.25) is 0 Å². The summed E-state index contributed by atoms with van der Waals surface area (Å²) < 4.78 is 5.14. The third-order valence-electron chi connectivity index (χ3n) is 4.09. The topological polar surface area (TPSA) is 41.6 Å². The van der Waals surface area contributed by atoms with Crippen LogP contribution in [-0.4, -0.2) is 37.2 Å². The number of hydrogen-bond acceptors (Lipinski definition) is 2. The van der Waals surface area contributed by atoms with Crippen molar-refractivity contribution in [2.24, 2.45) is 5.92 Å². The SMILES string of the molecule is COCCN(C(=O)Nc1cccc(Cl)c1)[C@H]1CCC[C@@H]1C. The van der Waals surface area contributed by atoms with E-state index in [4.69, 9.17) is 16.3 Å². The summed E-state index contributed by atoms with van der Waals surface area (Å²) in [7, 11) is 1.66. The van der Waals surface area contributed by atoms with Gasteiger partial charge < -0.3 is 15.0 Å². The second kappa shape index (κ2) is 7.66. The molecule has 0 heterocycles. The molecule has 116 valence electrons. The molecule has 0 saturated heterocycles. The lowest BCUT2D eigenvalue weighted by molar-refractivity contribution is 0.126. The number of urea groups is 1. The van der Waals surface area contributed by atoms with Crippen molar-refractivity contribution in [2.45, 2.75) is 32.2 Å². The first-order valence-corrected chi connectivity index (χ1v) is 7.81. The number of carbonyl (C=O) groups is 1. The highest BCUT2D eigenvalue weighted by Gasteiger charge is 2.31. The Hall–Kier alpha value is -1.26. The summed E-state index contributed by atoms with van der Waals surface area (Å²) in [4.78, 5) is 14.5. The molecule has 1 fully saturated rings. The van der Waals surface area contributed by atoms with E-state index in [1.54, 1.807) is 19.2 Å². The second-order valence-electron chi connectivity index (χ2n) is 5.60. The first-order valence-electron chi connectivity index (χ1n) is 7.44. The van der Waals surface area contributed by atoms with Crippen molar-refractivity contribution in [2.75, 3.05) is 25.6 Å². The number of nitrogens with zero attached hydrogens (tertiary/aromatic N) is 1. The van der Waals surface area contributed by atoms with Crippen molar-refractivity contribution in [1.29, 1.82) is 0 Å². The Morgan fingerprint density at radius 3 is 2.90 bits per heavy atom. The standard InChI is InChI=1S/C16H23ClN2O2/c1-12-5-3-8-15(12)19(9-10-21-2)16(20)18-14-7-4-6-13(17)11-14/h4,6-7,11-12,15H,3,5,8-10H2,1-2H3,(H,18,20)/t12-,15-/m0/s1. The number of hydrogen-bond donors (Lipinski definition) is 1. The van der Waals surface area contributed by atoms with Crippen molar-refractivity contribution in [3.63, 3.8) is 0 Å². The number of benzene rings is 1. The Morgan fingerprint density at radius 2 is 2.29 bits per heavy atom. The van der Waals surface area contributed by atoms with E-state index in [1.807, 2.05) is 17.0 Å². The third kappa shape index (κ3) is 4.35. The molecule has 21 heavy (non-hydrogen) atoms. The molecule has 0 bridgehead atoms. The minimum atomic E-state index is -0.0759. The average molecular weight is 311 g/mol. The first-order chi connectivity index (χ1) is 10.1.